The summed E-state index contributed by atoms with van der Waals surface area (Å²) in [6.45, 7) is 4.72. The van der Waals surface area contributed by atoms with Crippen LogP contribution in [0.5, 0.6) is 0 Å². The molecule has 0 bridgehead atoms. The molecule has 0 spiro atoms. The maximum Gasteiger partial charge on any atom is 0.266 e. The van der Waals surface area contributed by atoms with Crippen LogP contribution in [0.15, 0.2) is 56.8 Å². The number of benzene rings is 2. The van der Waals surface area contributed by atoms with Gasteiger partial charge in [-0.3, -0.25) is 4.99 Å². The van der Waals surface area contributed by atoms with Gasteiger partial charge in [-0.25, -0.2) is 12.7 Å². The third kappa shape index (κ3) is 2.93. The number of halogens is 1. The lowest BCUT2D eigenvalue weighted by molar-refractivity contribution is 0.537. The Kier molecular flexibility index (Phi) is 4.29. The van der Waals surface area contributed by atoms with Crippen LogP contribution in [0.25, 0.3) is 0 Å². The number of rotatable bonds is 3. The van der Waals surface area contributed by atoms with Crippen LogP contribution in [0.1, 0.15) is 16.7 Å². The average Bonchev–Trinajstić information content (AvgIpc) is 3.02. The monoisotopic (exact) mass is 392 g/mol. The Bertz CT molecular complexity index is 877. The molecule has 0 N–H and O–H groups in total. The molecule has 0 aromatic heterocycles. The number of aliphatic imine (C=N–C) groups is 1. The summed E-state index contributed by atoms with van der Waals surface area (Å²) in [6, 6.07) is 13.0. The minimum absolute atomic E-state index is 0.283. The van der Waals surface area contributed by atoms with E-state index in [0.29, 0.717) is 23.4 Å². The Balaban J connectivity index is 2.07. The molecule has 4 nitrogen and oxygen atoms in total. The molecule has 23 heavy (non-hydrogen) atoms. The van der Waals surface area contributed by atoms with Crippen LogP contribution in [0.3, 0.4) is 0 Å². The predicted octanol–water partition coefficient (Wildman–Crippen LogP) is 3.52. The van der Waals surface area contributed by atoms with E-state index in [1.165, 1.54) is 4.31 Å². The Morgan fingerprint density at radius 2 is 1.74 bits per heavy atom. The summed E-state index contributed by atoms with van der Waals surface area (Å²) in [5.41, 5.74) is 2.81. The molecule has 1 heterocycles. The van der Waals surface area contributed by atoms with Crippen molar-refractivity contribution in [2.24, 2.45) is 4.99 Å². The molecule has 6 heteroatoms. The van der Waals surface area contributed by atoms with Crippen LogP contribution < -0.4 is 0 Å². The second-order valence-electron chi connectivity index (χ2n) is 5.52. The van der Waals surface area contributed by atoms with Gasteiger partial charge in [0.1, 0.15) is 10.7 Å². The first-order chi connectivity index (χ1) is 10.9. The fraction of sp³-hybridized carbons (Fsp3) is 0.235. The molecule has 2 aromatic rings. The van der Waals surface area contributed by atoms with Crippen LogP contribution in [0.4, 0.5) is 0 Å². The molecule has 0 saturated carbocycles. The maximum atomic E-state index is 13.1. The molecule has 2 aromatic carbocycles. The average molecular weight is 393 g/mol. The fourth-order valence-corrected chi connectivity index (χ4v) is 5.21. The van der Waals surface area contributed by atoms with Crippen molar-refractivity contribution < 1.29 is 8.42 Å². The van der Waals surface area contributed by atoms with Gasteiger partial charge in [-0.1, -0.05) is 30.3 Å². The number of hydrogen-bond acceptors (Lipinski definition) is 3. The van der Waals surface area contributed by atoms with E-state index >= 15 is 0 Å². The second kappa shape index (κ2) is 6.09. The standard InChI is InChI=1S/C17H17BrN2O2S/c1-12-10-15(18)16(11-13(12)2)23(21,22)20-9-8-19-17(20)14-6-4-3-5-7-14/h3-7,10-11H,8-9H2,1-2H3. The van der Waals surface area contributed by atoms with Gasteiger partial charge in [0.15, 0.2) is 0 Å². The Hall–Kier alpha value is -1.66. The lowest BCUT2D eigenvalue weighted by Crippen LogP contribution is -2.35. The molecule has 0 fully saturated rings. The number of amidine groups is 1. The van der Waals surface area contributed by atoms with Crippen molar-refractivity contribution in [2.75, 3.05) is 13.1 Å². The van der Waals surface area contributed by atoms with Gasteiger partial charge in [0.25, 0.3) is 10.0 Å². The van der Waals surface area contributed by atoms with Crippen molar-refractivity contribution >= 4 is 31.8 Å². The van der Waals surface area contributed by atoms with Crippen LogP contribution in [0, 0.1) is 13.8 Å². The van der Waals surface area contributed by atoms with E-state index < -0.39 is 10.0 Å². The number of sulfonamides is 1. The number of hydrogen-bond donors (Lipinski definition) is 0. The van der Waals surface area contributed by atoms with E-state index in [0.717, 1.165) is 16.7 Å². The molecule has 0 unspecified atom stereocenters. The van der Waals surface area contributed by atoms with Crippen molar-refractivity contribution in [1.29, 1.82) is 0 Å². The van der Waals surface area contributed by atoms with Crippen LogP contribution in [0.2, 0.25) is 0 Å². The highest BCUT2D eigenvalue weighted by Gasteiger charge is 2.32. The molecule has 0 atom stereocenters. The molecule has 1 aliphatic heterocycles. The van der Waals surface area contributed by atoms with E-state index in [1.54, 1.807) is 6.07 Å². The number of nitrogens with zero attached hydrogens (tertiary/aromatic N) is 2. The SMILES string of the molecule is Cc1cc(Br)c(S(=O)(=O)N2CCN=C2c2ccccc2)cc1C. The summed E-state index contributed by atoms with van der Waals surface area (Å²) in [5, 5.41) is 0. The topological polar surface area (TPSA) is 49.7 Å². The first-order valence-electron chi connectivity index (χ1n) is 7.30. The fourth-order valence-electron chi connectivity index (χ4n) is 2.56. The lowest BCUT2D eigenvalue weighted by atomic mass is 10.1. The van der Waals surface area contributed by atoms with E-state index in [9.17, 15) is 8.42 Å². The summed E-state index contributed by atoms with van der Waals surface area (Å²) in [6.07, 6.45) is 0. The minimum Gasteiger partial charge on any atom is -0.265 e. The molecule has 0 radical (unpaired) electrons. The van der Waals surface area contributed by atoms with E-state index in [4.69, 9.17) is 0 Å². The zero-order chi connectivity index (χ0) is 16.6. The van der Waals surface area contributed by atoms with Gasteiger partial charge in [0, 0.05) is 10.0 Å². The van der Waals surface area contributed by atoms with Crippen LogP contribution in [-0.2, 0) is 10.0 Å². The van der Waals surface area contributed by atoms with Crippen LogP contribution in [-0.4, -0.2) is 31.6 Å². The highest BCUT2D eigenvalue weighted by molar-refractivity contribution is 9.10. The van der Waals surface area contributed by atoms with Gasteiger partial charge in [-0.05, 0) is 53.0 Å². The van der Waals surface area contributed by atoms with Gasteiger partial charge < -0.3 is 0 Å². The van der Waals surface area contributed by atoms with Gasteiger partial charge in [-0.2, -0.15) is 0 Å². The third-order valence-electron chi connectivity index (χ3n) is 3.95. The summed E-state index contributed by atoms with van der Waals surface area (Å²) < 4.78 is 28.2. The first kappa shape index (κ1) is 16.2. The van der Waals surface area contributed by atoms with Gasteiger partial charge >= 0.3 is 0 Å². The quantitative estimate of drug-likeness (QED) is 0.801. The first-order valence-corrected chi connectivity index (χ1v) is 9.54. The summed E-state index contributed by atoms with van der Waals surface area (Å²) in [4.78, 5) is 4.68. The molecule has 0 amide bonds. The van der Waals surface area contributed by atoms with E-state index in [-0.39, 0.29) is 4.90 Å². The summed E-state index contributed by atoms with van der Waals surface area (Å²) >= 11 is 3.39. The largest absolute Gasteiger partial charge is 0.266 e. The van der Waals surface area contributed by atoms with Crippen molar-refractivity contribution in [3.05, 3.63) is 63.6 Å². The highest BCUT2D eigenvalue weighted by Crippen LogP contribution is 2.30. The zero-order valence-electron chi connectivity index (χ0n) is 13.0. The van der Waals surface area contributed by atoms with E-state index in [2.05, 4.69) is 20.9 Å². The molecular weight excluding hydrogens is 376 g/mol. The van der Waals surface area contributed by atoms with Crippen molar-refractivity contribution in [1.82, 2.24) is 4.31 Å². The predicted molar refractivity (Wildman–Crippen MR) is 95.4 cm³/mol. The molecule has 120 valence electrons. The Labute approximate surface area is 145 Å². The van der Waals surface area contributed by atoms with Crippen molar-refractivity contribution in [3.8, 4) is 0 Å². The molecular formula is C17H17BrN2O2S. The van der Waals surface area contributed by atoms with Crippen molar-refractivity contribution in [2.45, 2.75) is 18.7 Å². The van der Waals surface area contributed by atoms with E-state index in [1.807, 2.05) is 50.2 Å². The summed E-state index contributed by atoms with van der Waals surface area (Å²) in [5.74, 6) is 0.510. The van der Waals surface area contributed by atoms with Gasteiger partial charge in [0.2, 0.25) is 0 Å². The van der Waals surface area contributed by atoms with Gasteiger partial charge in [-0.15, -0.1) is 0 Å². The zero-order valence-corrected chi connectivity index (χ0v) is 15.4. The highest BCUT2D eigenvalue weighted by atomic mass is 79.9. The second-order valence-corrected chi connectivity index (χ2v) is 8.20. The molecule has 0 aliphatic carbocycles. The Morgan fingerprint density at radius 3 is 2.43 bits per heavy atom. The molecule has 1 aliphatic rings. The maximum absolute atomic E-state index is 13.1. The normalized spacial score (nSPS) is 14.9. The molecule has 0 saturated heterocycles. The van der Waals surface area contributed by atoms with Crippen molar-refractivity contribution in [3.63, 3.8) is 0 Å². The smallest absolute Gasteiger partial charge is 0.265 e. The third-order valence-corrected chi connectivity index (χ3v) is 6.70. The Morgan fingerprint density at radius 1 is 1.09 bits per heavy atom. The summed E-state index contributed by atoms with van der Waals surface area (Å²) in [7, 11) is -3.65. The molecule has 3 rings (SSSR count). The van der Waals surface area contributed by atoms with Gasteiger partial charge in [0.05, 0.1) is 13.1 Å². The minimum atomic E-state index is -3.65. The lowest BCUT2D eigenvalue weighted by Gasteiger charge is -2.22. The van der Waals surface area contributed by atoms with Crippen LogP contribution >= 0.6 is 15.9 Å². The number of aryl methyl sites for hydroxylation is 2.